The molecule has 1 amide bonds. The zero-order chi connectivity index (χ0) is 34.4. The van der Waals surface area contributed by atoms with Crippen LogP contribution in [0.25, 0.3) is 11.1 Å². The highest BCUT2D eigenvalue weighted by Crippen LogP contribution is 2.48. The lowest BCUT2D eigenvalue weighted by Gasteiger charge is -2.40. The Morgan fingerprint density at radius 2 is 1.77 bits per heavy atom. The third-order valence-corrected chi connectivity index (χ3v) is 9.26. The maximum Gasteiger partial charge on any atom is 0.339 e. The maximum absolute atomic E-state index is 13.8. The van der Waals surface area contributed by atoms with E-state index in [-0.39, 0.29) is 30.3 Å². The van der Waals surface area contributed by atoms with E-state index >= 15 is 0 Å². The quantitative estimate of drug-likeness (QED) is 0.190. The summed E-state index contributed by atoms with van der Waals surface area (Å²) in [4.78, 5) is 43.8. The Morgan fingerprint density at radius 3 is 2.38 bits per heavy atom. The van der Waals surface area contributed by atoms with Gasteiger partial charge in [0.25, 0.3) is 12.4 Å². The Bertz CT molecular complexity index is 1610. The molecule has 256 valence electrons. The molecule has 1 saturated heterocycles. The van der Waals surface area contributed by atoms with Crippen LogP contribution in [0.4, 0.5) is 4.39 Å². The van der Waals surface area contributed by atoms with Gasteiger partial charge in [0.15, 0.2) is 0 Å². The Labute approximate surface area is 282 Å². The molecule has 0 unspecified atom stereocenters. The SMILES string of the molecule is CCCc1nc2c(cc1C(=O)OC)C(=O)N(C1CCN(Cc3cc(OC(C)C)c(-c4ccc(F)cc4)c(C4CC4)c3)CC1)CC2.O=CO. The van der Waals surface area contributed by atoms with Gasteiger partial charge in [0, 0.05) is 44.2 Å². The summed E-state index contributed by atoms with van der Waals surface area (Å²) in [6, 6.07) is 13.1. The van der Waals surface area contributed by atoms with Crippen LogP contribution in [0, 0.1) is 5.82 Å². The summed E-state index contributed by atoms with van der Waals surface area (Å²) in [6.07, 6.45) is 6.36. The number of esters is 1. The number of pyridine rings is 1. The number of hydrogen-bond acceptors (Lipinski definition) is 7. The first-order valence-corrected chi connectivity index (χ1v) is 17.0. The largest absolute Gasteiger partial charge is 0.490 e. The first kappa shape index (κ1) is 35.0. The minimum Gasteiger partial charge on any atom is -0.490 e. The van der Waals surface area contributed by atoms with Crippen molar-refractivity contribution in [3.8, 4) is 16.9 Å². The van der Waals surface area contributed by atoms with E-state index in [0.717, 1.165) is 80.0 Å². The van der Waals surface area contributed by atoms with Gasteiger partial charge in [-0.3, -0.25) is 19.5 Å². The fourth-order valence-electron chi connectivity index (χ4n) is 6.94. The number of carboxylic acid groups (broad SMARTS) is 1. The normalized spacial score (nSPS) is 16.6. The Balaban J connectivity index is 0.00000145. The molecule has 2 aromatic carbocycles. The minimum absolute atomic E-state index is 0.0200. The number of aryl methyl sites for hydroxylation is 1. The number of carbonyl (C=O) groups is 3. The number of benzene rings is 2. The van der Waals surface area contributed by atoms with E-state index in [1.54, 1.807) is 6.07 Å². The van der Waals surface area contributed by atoms with Crippen LogP contribution in [0.5, 0.6) is 5.75 Å². The van der Waals surface area contributed by atoms with E-state index in [1.807, 2.05) is 30.9 Å². The molecular weight excluding hydrogens is 613 g/mol. The molecule has 1 saturated carbocycles. The Morgan fingerprint density at radius 1 is 1.08 bits per heavy atom. The first-order chi connectivity index (χ1) is 23.2. The molecule has 3 aliphatic rings. The lowest BCUT2D eigenvalue weighted by molar-refractivity contribution is -0.122. The van der Waals surface area contributed by atoms with E-state index in [2.05, 4.69) is 24.0 Å². The number of rotatable bonds is 10. The standard InChI is InChI=1S/C37H44FN3O4.CH2O2/c1-5-6-32-31(37(43)44-4)21-30-33(39-32)15-18-41(36(30)42)28-13-16-40(17-14-28)22-24-19-29(25-7-8-25)35(34(20-24)45-23(2)3)26-9-11-27(38)12-10-26;2-1-3/h9-12,19-21,23,25,28H,5-8,13-18,22H2,1-4H3;1H,(H,2,3). The second kappa shape index (κ2) is 15.7. The number of hydrogen-bond donors (Lipinski definition) is 1. The van der Waals surface area contributed by atoms with Crippen LogP contribution < -0.4 is 4.74 Å². The molecule has 10 heteroatoms. The van der Waals surface area contributed by atoms with Crippen LogP contribution in [0.3, 0.4) is 0 Å². The molecule has 1 N–H and O–H groups in total. The maximum atomic E-state index is 13.8. The van der Waals surface area contributed by atoms with Crippen molar-refractivity contribution < 1.29 is 33.4 Å². The average molecular weight is 660 g/mol. The summed E-state index contributed by atoms with van der Waals surface area (Å²) in [5.41, 5.74) is 7.05. The van der Waals surface area contributed by atoms with Gasteiger partial charge in [-0.05, 0) is 92.8 Å². The minimum atomic E-state index is -0.440. The van der Waals surface area contributed by atoms with Crippen molar-refractivity contribution in [3.63, 3.8) is 0 Å². The van der Waals surface area contributed by atoms with Crippen molar-refractivity contribution in [1.82, 2.24) is 14.8 Å². The van der Waals surface area contributed by atoms with Gasteiger partial charge in [0.05, 0.1) is 35.7 Å². The second-order valence-corrected chi connectivity index (χ2v) is 13.1. The van der Waals surface area contributed by atoms with Gasteiger partial charge >= 0.3 is 5.97 Å². The highest BCUT2D eigenvalue weighted by Gasteiger charge is 2.35. The highest BCUT2D eigenvalue weighted by atomic mass is 19.1. The summed E-state index contributed by atoms with van der Waals surface area (Å²) >= 11 is 0. The van der Waals surface area contributed by atoms with Crippen molar-refractivity contribution in [3.05, 3.63) is 81.9 Å². The molecule has 48 heavy (non-hydrogen) atoms. The molecule has 0 spiro atoms. The molecule has 0 atom stereocenters. The molecule has 2 aliphatic heterocycles. The zero-order valence-corrected chi connectivity index (χ0v) is 28.3. The predicted molar refractivity (Wildman–Crippen MR) is 181 cm³/mol. The van der Waals surface area contributed by atoms with Gasteiger partial charge < -0.3 is 19.5 Å². The van der Waals surface area contributed by atoms with Crippen molar-refractivity contribution in [2.75, 3.05) is 26.7 Å². The molecule has 1 aliphatic carbocycles. The zero-order valence-electron chi connectivity index (χ0n) is 28.3. The van der Waals surface area contributed by atoms with Gasteiger partial charge in [0.2, 0.25) is 0 Å². The molecule has 2 fully saturated rings. The molecule has 6 rings (SSSR count). The number of aromatic nitrogens is 1. The molecular formula is C38H46FN3O6. The number of methoxy groups -OCH3 is 1. The number of ether oxygens (including phenoxy) is 2. The molecule has 0 bridgehead atoms. The van der Waals surface area contributed by atoms with Crippen LogP contribution in [0.15, 0.2) is 42.5 Å². The van der Waals surface area contributed by atoms with Gasteiger partial charge in [-0.25, -0.2) is 9.18 Å². The van der Waals surface area contributed by atoms with Crippen LogP contribution in [0.2, 0.25) is 0 Å². The van der Waals surface area contributed by atoms with E-state index in [0.29, 0.717) is 36.4 Å². The van der Waals surface area contributed by atoms with Gasteiger partial charge in [-0.2, -0.15) is 0 Å². The summed E-state index contributed by atoms with van der Waals surface area (Å²) in [6.45, 7) is 9.13. The monoisotopic (exact) mass is 659 g/mol. The second-order valence-electron chi connectivity index (χ2n) is 13.1. The summed E-state index contributed by atoms with van der Waals surface area (Å²) < 4.78 is 25.1. The highest BCUT2D eigenvalue weighted by molar-refractivity contribution is 6.00. The molecule has 3 aromatic rings. The fourth-order valence-corrected chi connectivity index (χ4v) is 6.94. The van der Waals surface area contributed by atoms with E-state index in [4.69, 9.17) is 24.4 Å². The first-order valence-electron chi connectivity index (χ1n) is 17.0. The van der Waals surface area contributed by atoms with Crippen molar-refractivity contribution in [1.29, 1.82) is 0 Å². The number of likely N-dealkylation sites (tertiary alicyclic amines) is 1. The number of carbonyl (C=O) groups excluding carboxylic acids is 2. The smallest absolute Gasteiger partial charge is 0.339 e. The van der Waals surface area contributed by atoms with Crippen LogP contribution >= 0.6 is 0 Å². The van der Waals surface area contributed by atoms with Crippen molar-refractivity contribution in [2.24, 2.45) is 0 Å². The average Bonchev–Trinajstić information content (AvgIpc) is 3.92. The third-order valence-electron chi connectivity index (χ3n) is 9.26. The predicted octanol–water partition coefficient (Wildman–Crippen LogP) is 6.66. The lowest BCUT2D eigenvalue weighted by Crippen LogP contribution is -2.50. The van der Waals surface area contributed by atoms with Crippen LogP contribution in [-0.2, 0) is 28.9 Å². The number of fused-ring (bicyclic) bond motifs is 1. The van der Waals surface area contributed by atoms with E-state index in [9.17, 15) is 14.0 Å². The van der Waals surface area contributed by atoms with Crippen molar-refractivity contribution in [2.45, 2.75) is 90.3 Å². The summed E-state index contributed by atoms with van der Waals surface area (Å²) in [5, 5.41) is 6.89. The number of halogens is 1. The van der Waals surface area contributed by atoms with Gasteiger partial charge in [-0.1, -0.05) is 31.5 Å². The summed E-state index contributed by atoms with van der Waals surface area (Å²) in [5.74, 6) is 0.661. The van der Waals surface area contributed by atoms with E-state index < -0.39 is 5.97 Å². The fraction of sp³-hybridized carbons (Fsp3) is 0.474. The lowest BCUT2D eigenvalue weighted by atomic mass is 9.92. The van der Waals surface area contributed by atoms with Gasteiger partial charge in [0.1, 0.15) is 11.6 Å². The molecule has 1 aromatic heterocycles. The summed E-state index contributed by atoms with van der Waals surface area (Å²) in [7, 11) is 1.37. The topological polar surface area (TPSA) is 109 Å². The van der Waals surface area contributed by atoms with Crippen LogP contribution in [-0.4, -0.2) is 77.1 Å². The van der Waals surface area contributed by atoms with Crippen molar-refractivity contribution >= 4 is 18.3 Å². The molecule has 0 radical (unpaired) electrons. The Kier molecular flexibility index (Phi) is 11.5. The number of nitrogens with zero attached hydrogens (tertiary/aromatic N) is 3. The van der Waals surface area contributed by atoms with Gasteiger partial charge in [-0.15, -0.1) is 0 Å². The number of amides is 1. The number of piperidine rings is 1. The Hall–Kier alpha value is -4.31. The molecule has 9 nitrogen and oxygen atoms in total. The van der Waals surface area contributed by atoms with Crippen LogP contribution in [0.1, 0.15) is 102 Å². The third kappa shape index (κ3) is 8.03. The van der Waals surface area contributed by atoms with E-state index in [1.165, 1.54) is 30.4 Å². The molecule has 3 heterocycles.